The Hall–Kier alpha value is -3.45. The first-order chi connectivity index (χ1) is 18.8. The van der Waals surface area contributed by atoms with Crippen LogP contribution in [0.1, 0.15) is 67.3 Å². The minimum atomic E-state index is -4.70. The Balaban J connectivity index is 1.48. The van der Waals surface area contributed by atoms with Crippen LogP contribution in [0.25, 0.3) is 10.6 Å². The largest absolute Gasteiger partial charge is 0.451 e. The molecule has 1 N–H and O–H groups in total. The Morgan fingerprint density at radius 1 is 1.13 bits per heavy atom. The topological polar surface area (TPSA) is 81.9 Å². The highest BCUT2D eigenvalue weighted by molar-refractivity contribution is 7.15. The molecule has 1 amide bonds. The van der Waals surface area contributed by atoms with E-state index in [0.29, 0.717) is 42.8 Å². The third kappa shape index (κ3) is 7.57. The molecule has 1 atom stereocenters. The fraction of sp³-hybridized carbons (Fsp3) is 0.448. The number of alkyl halides is 3. The second-order valence-corrected chi connectivity index (χ2v) is 10.9. The summed E-state index contributed by atoms with van der Waals surface area (Å²) in [7, 11) is 0. The van der Waals surface area contributed by atoms with Crippen LogP contribution in [0.3, 0.4) is 0 Å². The number of carbonyl (C=O) groups is 1. The number of nitrogens with zero attached hydrogens (tertiary/aromatic N) is 4. The number of unbranched alkanes of at least 4 members (excludes halogenated alkanes) is 3. The lowest BCUT2D eigenvalue weighted by molar-refractivity contribution is -0.144. The van der Waals surface area contributed by atoms with E-state index < -0.39 is 18.0 Å². The van der Waals surface area contributed by atoms with Crippen LogP contribution in [-0.2, 0) is 23.8 Å². The van der Waals surface area contributed by atoms with Crippen molar-refractivity contribution < 1.29 is 18.0 Å². The summed E-state index contributed by atoms with van der Waals surface area (Å²) in [5.41, 5.74) is 1.77. The summed E-state index contributed by atoms with van der Waals surface area (Å²) in [6.07, 6.45) is 2.47. The van der Waals surface area contributed by atoms with Crippen LogP contribution in [0.5, 0.6) is 0 Å². The summed E-state index contributed by atoms with van der Waals surface area (Å²) >= 11 is 1.46. The van der Waals surface area contributed by atoms with Gasteiger partial charge in [-0.25, -0.2) is 9.97 Å². The van der Waals surface area contributed by atoms with E-state index in [0.717, 1.165) is 36.1 Å². The number of thiophene rings is 1. The zero-order valence-corrected chi connectivity index (χ0v) is 22.7. The zero-order valence-electron chi connectivity index (χ0n) is 21.9. The van der Waals surface area contributed by atoms with Gasteiger partial charge in [-0.3, -0.25) is 4.79 Å². The molecule has 3 heterocycles. The van der Waals surface area contributed by atoms with E-state index in [-0.39, 0.29) is 17.4 Å². The summed E-state index contributed by atoms with van der Waals surface area (Å²) < 4.78 is 41.4. The summed E-state index contributed by atoms with van der Waals surface area (Å²) in [5, 5.41) is 11.8. The molecule has 1 aliphatic heterocycles. The Bertz CT molecular complexity index is 1300. The number of hydrogen-bond acceptors (Lipinski definition) is 6. The van der Waals surface area contributed by atoms with E-state index >= 15 is 0 Å². The van der Waals surface area contributed by atoms with Gasteiger partial charge in [0, 0.05) is 24.0 Å². The lowest BCUT2D eigenvalue weighted by Gasteiger charge is -2.26. The highest BCUT2D eigenvalue weighted by Gasteiger charge is 2.38. The van der Waals surface area contributed by atoms with Gasteiger partial charge in [0.05, 0.1) is 22.2 Å². The van der Waals surface area contributed by atoms with Gasteiger partial charge >= 0.3 is 6.18 Å². The number of nitrogens with one attached hydrogen (secondary N) is 1. The molecule has 2 aromatic heterocycles. The van der Waals surface area contributed by atoms with Crippen LogP contribution in [0.15, 0.2) is 42.5 Å². The molecule has 0 spiro atoms. The van der Waals surface area contributed by atoms with Crippen LogP contribution in [0.2, 0.25) is 0 Å². The number of aryl methyl sites for hydroxylation is 1. The molecule has 0 bridgehead atoms. The first-order valence-corrected chi connectivity index (χ1v) is 14.2. The molecule has 4 rings (SSSR count). The molecule has 6 nitrogen and oxygen atoms in total. The van der Waals surface area contributed by atoms with Gasteiger partial charge in [-0.1, -0.05) is 38.3 Å². The first kappa shape index (κ1) is 28.6. The standard InChI is InChI=1S/C29H32F3N5OS/c1-2-3-4-5-7-22-13-14-25(39-22)23-18-26(36-28(35-23)29(30,31)32)37-17-6-8-24(37)27(38)34-16-15-20-9-11-21(19-33)12-10-20/h9-14,18,24H,2-8,15-17H2,1H3,(H,34,38)/t24-/m0/s1. The van der Waals surface area contributed by atoms with Gasteiger partial charge < -0.3 is 10.2 Å². The zero-order chi connectivity index (χ0) is 27.8. The second-order valence-electron chi connectivity index (χ2n) is 9.71. The fourth-order valence-corrected chi connectivity index (χ4v) is 5.73. The third-order valence-corrected chi connectivity index (χ3v) is 7.97. The Labute approximate surface area is 230 Å². The molecule has 1 aromatic carbocycles. The molecular weight excluding hydrogens is 523 g/mol. The summed E-state index contributed by atoms with van der Waals surface area (Å²) in [5.74, 6) is -1.31. The van der Waals surface area contributed by atoms with Crippen molar-refractivity contribution >= 4 is 23.1 Å². The Kier molecular flexibility index (Phi) is 9.57. The number of carbonyl (C=O) groups excluding carboxylic acids is 1. The van der Waals surface area contributed by atoms with Gasteiger partial charge in [-0.2, -0.15) is 18.4 Å². The summed E-state index contributed by atoms with van der Waals surface area (Å²) in [6.45, 7) is 2.98. The number of nitriles is 1. The normalized spacial score (nSPS) is 15.4. The maximum atomic E-state index is 13.8. The molecule has 10 heteroatoms. The average Bonchev–Trinajstić information content (AvgIpc) is 3.61. The van der Waals surface area contributed by atoms with Crippen LogP contribution in [0.4, 0.5) is 19.0 Å². The minimum absolute atomic E-state index is 0.120. The number of benzene rings is 1. The van der Waals surface area contributed by atoms with Gasteiger partial charge in [0.15, 0.2) is 0 Å². The first-order valence-electron chi connectivity index (χ1n) is 13.4. The second kappa shape index (κ2) is 13.1. The lowest BCUT2D eigenvalue weighted by Crippen LogP contribution is -2.44. The van der Waals surface area contributed by atoms with E-state index in [2.05, 4.69) is 28.3 Å². The van der Waals surface area contributed by atoms with Crippen molar-refractivity contribution in [2.24, 2.45) is 0 Å². The maximum absolute atomic E-state index is 13.8. The number of halogens is 3. The van der Waals surface area contributed by atoms with Crippen molar-refractivity contribution in [2.45, 2.75) is 70.5 Å². The lowest BCUT2D eigenvalue weighted by atomic mass is 10.1. The van der Waals surface area contributed by atoms with Gasteiger partial charge in [0.2, 0.25) is 11.7 Å². The molecule has 0 unspecified atom stereocenters. The molecule has 0 aliphatic carbocycles. The molecule has 1 aliphatic rings. The van der Waals surface area contributed by atoms with Crippen molar-refractivity contribution in [3.8, 4) is 16.6 Å². The predicted molar refractivity (Wildman–Crippen MR) is 146 cm³/mol. The van der Waals surface area contributed by atoms with Crippen LogP contribution >= 0.6 is 11.3 Å². The Morgan fingerprint density at radius 2 is 1.92 bits per heavy atom. The van der Waals surface area contributed by atoms with Crippen molar-refractivity contribution in [1.29, 1.82) is 5.26 Å². The van der Waals surface area contributed by atoms with E-state index in [9.17, 15) is 18.0 Å². The molecule has 1 saturated heterocycles. The molecule has 206 valence electrons. The summed E-state index contributed by atoms with van der Waals surface area (Å²) in [6, 6.07) is 14.0. The highest BCUT2D eigenvalue weighted by atomic mass is 32.1. The number of rotatable bonds is 11. The molecule has 39 heavy (non-hydrogen) atoms. The van der Waals surface area contributed by atoms with E-state index in [1.165, 1.54) is 17.8 Å². The van der Waals surface area contributed by atoms with E-state index in [1.807, 2.05) is 24.3 Å². The van der Waals surface area contributed by atoms with Crippen molar-refractivity contribution in [3.05, 3.63) is 64.3 Å². The molecule has 1 fully saturated rings. The smallest absolute Gasteiger partial charge is 0.354 e. The Morgan fingerprint density at radius 3 is 2.64 bits per heavy atom. The summed E-state index contributed by atoms with van der Waals surface area (Å²) in [4.78, 5) is 24.2. The quantitative estimate of drug-likeness (QED) is 0.272. The number of aromatic nitrogens is 2. The molecule has 0 radical (unpaired) electrons. The number of anilines is 1. The maximum Gasteiger partial charge on any atom is 0.451 e. The van der Waals surface area contributed by atoms with Crippen molar-refractivity contribution in [2.75, 3.05) is 18.0 Å². The van der Waals surface area contributed by atoms with Gasteiger partial charge in [0.25, 0.3) is 0 Å². The monoisotopic (exact) mass is 555 g/mol. The fourth-order valence-electron chi connectivity index (χ4n) is 4.72. The van der Waals surface area contributed by atoms with Crippen molar-refractivity contribution in [3.63, 3.8) is 0 Å². The van der Waals surface area contributed by atoms with Gasteiger partial charge in [0.1, 0.15) is 11.9 Å². The van der Waals surface area contributed by atoms with E-state index in [4.69, 9.17) is 5.26 Å². The minimum Gasteiger partial charge on any atom is -0.354 e. The highest BCUT2D eigenvalue weighted by Crippen LogP contribution is 2.35. The van der Waals surface area contributed by atoms with Crippen LogP contribution in [0, 0.1) is 11.3 Å². The van der Waals surface area contributed by atoms with Gasteiger partial charge in [-0.05, 0) is 61.9 Å². The molecular formula is C29H32F3N5OS. The molecule has 0 saturated carbocycles. The SMILES string of the molecule is CCCCCCc1ccc(-c2cc(N3CCC[C@H]3C(=O)NCCc3ccc(C#N)cc3)nc(C(F)(F)F)n2)s1. The van der Waals surface area contributed by atoms with Crippen molar-refractivity contribution in [1.82, 2.24) is 15.3 Å². The average molecular weight is 556 g/mol. The molecule has 3 aromatic rings. The number of hydrogen-bond donors (Lipinski definition) is 1. The van der Waals surface area contributed by atoms with Gasteiger partial charge in [-0.15, -0.1) is 11.3 Å². The number of amides is 1. The van der Waals surface area contributed by atoms with Crippen LogP contribution < -0.4 is 10.2 Å². The predicted octanol–water partition coefficient (Wildman–Crippen LogP) is 6.55. The van der Waals surface area contributed by atoms with Crippen LogP contribution in [-0.4, -0.2) is 35.0 Å². The third-order valence-electron chi connectivity index (χ3n) is 6.80. The van der Waals surface area contributed by atoms with E-state index in [1.54, 1.807) is 23.1 Å².